The van der Waals surface area contributed by atoms with E-state index in [1.807, 2.05) is 0 Å². The number of Topliss-reactive ketones (excluding diaryl/α,β-unsaturated/α-hetero) is 2. The van der Waals surface area contributed by atoms with E-state index in [4.69, 9.17) is 0 Å². The average molecular weight is 302 g/mol. The van der Waals surface area contributed by atoms with Gasteiger partial charge in [0.25, 0.3) is 0 Å². The summed E-state index contributed by atoms with van der Waals surface area (Å²) in [4.78, 5) is 24.3. The van der Waals surface area contributed by atoms with Crippen LogP contribution in [0.25, 0.3) is 5.76 Å². The molecule has 21 heavy (non-hydrogen) atoms. The standard InChI is InChI=1S/C17H18O3S/c18-15-12-8-4-5-9-13(12)16(19)17(20)14(15)10-21-11-6-2-1-3-7-11/h4-5,8-9,11,18H,1-3,6-7,10H2. The fraction of sp³-hybridized carbons (Fsp3) is 0.412. The molecule has 3 nitrogen and oxygen atoms in total. The first-order valence-electron chi connectivity index (χ1n) is 7.40. The first-order chi connectivity index (χ1) is 10.2. The third-order valence-electron chi connectivity index (χ3n) is 4.21. The minimum atomic E-state index is -0.547. The van der Waals surface area contributed by atoms with Crippen molar-refractivity contribution in [2.24, 2.45) is 0 Å². The van der Waals surface area contributed by atoms with E-state index in [1.54, 1.807) is 36.0 Å². The van der Waals surface area contributed by atoms with E-state index in [1.165, 1.54) is 19.3 Å². The molecule has 0 amide bonds. The van der Waals surface area contributed by atoms with Crippen molar-refractivity contribution in [1.82, 2.24) is 0 Å². The maximum absolute atomic E-state index is 12.2. The Morgan fingerprint density at radius 2 is 1.67 bits per heavy atom. The summed E-state index contributed by atoms with van der Waals surface area (Å²) in [5.74, 6) is -0.634. The fourth-order valence-electron chi connectivity index (χ4n) is 2.98. The maximum Gasteiger partial charge on any atom is 0.234 e. The Morgan fingerprint density at radius 1 is 1.00 bits per heavy atom. The van der Waals surface area contributed by atoms with Crippen LogP contribution in [0.4, 0.5) is 0 Å². The normalized spacial score (nSPS) is 19.8. The SMILES string of the molecule is O=C1C(=O)c2ccccc2C(O)=C1CSC1CCCCC1. The van der Waals surface area contributed by atoms with Gasteiger partial charge < -0.3 is 5.11 Å². The zero-order chi connectivity index (χ0) is 14.8. The van der Waals surface area contributed by atoms with Gasteiger partial charge in [0.1, 0.15) is 5.76 Å². The summed E-state index contributed by atoms with van der Waals surface area (Å²) < 4.78 is 0. The first kappa shape index (κ1) is 14.4. The van der Waals surface area contributed by atoms with E-state index in [2.05, 4.69) is 0 Å². The van der Waals surface area contributed by atoms with Crippen LogP contribution in [0.3, 0.4) is 0 Å². The van der Waals surface area contributed by atoms with Gasteiger partial charge in [-0.05, 0) is 12.8 Å². The van der Waals surface area contributed by atoms with Crippen LogP contribution in [-0.2, 0) is 4.79 Å². The smallest absolute Gasteiger partial charge is 0.234 e. The van der Waals surface area contributed by atoms with Gasteiger partial charge in [-0.1, -0.05) is 43.5 Å². The second-order valence-electron chi connectivity index (χ2n) is 5.60. The summed E-state index contributed by atoms with van der Waals surface area (Å²) in [5.41, 5.74) is 1.07. The number of rotatable bonds is 3. The minimum Gasteiger partial charge on any atom is -0.507 e. The van der Waals surface area contributed by atoms with Gasteiger partial charge in [-0.25, -0.2) is 0 Å². The second-order valence-corrected chi connectivity index (χ2v) is 6.89. The Hall–Kier alpha value is -1.55. The van der Waals surface area contributed by atoms with Crippen molar-refractivity contribution in [1.29, 1.82) is 0 Å². The molecule has 0 spiro atoms. The number of hydrogen-bond donors (Lipinski definition) is 1. The lowest BCUT2D eigenvalue weighted by Gasteiger charge is -2.23. The van der Waals surface area contributed by atoms with Crippen LogP contribution in [0.5, 0.6) is 0 Å². The number of aliphatic hydroxyl groups excluding tert-OH is 1. The minimum absolute atomic E-state index is 0.0153. The van der Waals surface area contributed by atoms with Crippen LogP contribution < -0.4 is 0 Å². The van der Waals surface area contributed by atoms with Crippen LogP contribution in [-0.4, -0.2) is 27.7 Å². The molecule has 2 aliphatic rings. The quantitative estimate of drug-likeness (QED) is 0.863. The molecule has 110 valence electrons. The third-order valence-corrected chi connectivity index (χ3v) is 5.61. The van der Waals surface area contributed by atoms with E-state index in [9.17, 15) is 14.7 Å². The van der Waals surface area contributed by atoms with Crippen molar-refractivity contribution < 1.29 is 14.7 Å². The molecule has 1 N–H and O–H groups in total. The van der Waals surface area contributed by atoms with Gasteiger partial charge in [-0.3, -0.25) is 9.59 Å². The van der Waals surface area contributed by atoms with Crippen LogP contribution in [0.15, 0.2) is 29.8 Å². The molecule has 0 saturated heterocycles. The van der Waals surface area contributed by atoms with Gasteiger partial charge in [0.2, 0.25) is 11.6 Å². The highest BCUT2D eigenvalue weighted by atomic mass is 32.2. The number of aliphatic hydroxyl groups is 1. The summed E-state index contributed by atoms with van der Waals surface area (Å²) in [6.07, 6.45) is 6.08. The highest BCUT2D eigenvalue weighted by molar-refractivity contribution is 8.00. The molecule has 4 heteroatoms. The highest BCUT2D eigenvalue weighted by Crippen LogP contribution is 2.33. The molecule has 0 unspecified atom stereocenters. The van der Waals surface area contributed by atoms with E-state index in [-0.39, 0.29) is 11.3 Å². The fourth-order valence-corrected chi connectivity index (χ4v) is 4.32. The number of ketones is 2. The van der Waals surface area contributed by atoms with Crippen molar-refractivity contribution in [2.75, 3.05) is 5.75 Å². The molecule has 0 atom stereocenters. The van der Waals surface area contributed by atoms with Crippen LogP contribution in [0, 0.1) is 0 Å². The van der Waals surface area contributed by atoms with E-state index in [0.29, 0.717) is 22.1 Å². The van der Waals surface area contributed by atoms with Gasteiger partial charge in [0, 0.05) is 22.1 Å². The summed E-state index contributed by atoms with van der Waals surface area (Å²) in [6, 6.07) is 6.76. The van der Waals surface area contributed by atoms with Crippen molar-refractivity contribution in [3.05, 3.63) is 41.0 Å². The van der Waals surface area contributed by atoms with Crippen molar-refractivity contribution >= 4 is 29.1 Å². The number of benzene rings is 1. The van der Waals surface area contributed by atoms with Gasteiger partial charge in [0.05, 0.1) is 5.57 Å². The average Bonchev–Trinajstić information content (AvgIpc) is 2.54. The molecule has 1 saturated carbocycles. The molecule has 0 radical (unpaired) electrons. The summed E-state index contributed by atoms with van der Waals surface area (Å²) in [7, 11) is 0. The van der Waals surface area contributed by atoms with Crippen molar-refractivity contribution in [3.8, 4) is 0 Å². The monoisotopic (exact) mass is 302 g/mol. The molecule has 0 heterocycles. The van der Waals surface area contributed by atoms with Gasteiger partial charge in [-0.15, -0.1) is 0 Å². The molecule has 1 fully saturated rings. The number of thioether (sulfide) groups is 1. The lowest BCUT2D eigenvalue weighted by atomic mass is 9.89. The number of carbonyl (C=O) groups excluding carboxylic acids is 2. The predicted octanol–water partition coefficient (Wildman–Crippen LogP) is 3.79. The molecule has 1 aromatic carbocycles. The summed E-state index contributed by atoms with van der Waals surface area (Å²) in [5, 5.41) is 10.9. The molecular weight excluding hydrogens is 284 g/mol. The Bertz CT molecular complexity index is 612. The van der Waals surface area contributed by atoms with Crippen LogP contribution in [0.1, 0.15) is 48.0 Å². The third kappa shape index (κ3) is 2.77. The molecule has 3 rings (SSSR count). The molecule has 0 aliphatic heterocycles. The first-order valence-corrected chi connectivity index (χ1v) is 8.45. The van der Waals surface area contributed by atoms with Crippen LogP contribution in [0.2, 0.25) is 0 Å². The second kappa shape index (κ2) is 6.06. The van der Waals surface area contributed by atoms with E-state index >= 15 is 0 Å². The lowest BCUT2D eigenvalue weighted by Crippen LogP contribution is -2.25. The molecule has 1 aromatic rings. The Labute approximate surface area is 128 Å². The molecule has 0 aromatic heterocycles. The highest BCUT2D eigenvalue weighted by Gasteiger charge is 2.32. The largest absolute Gasteiger partial charge is 0.507 e. The Balaban J connectivity index is 1.83. The number of hydrogen-bond acceptors (Lipinski definition) is 4. The number of fused-ring (bicyclic) bond motifs is 1. The zero-order valence-electron chi connectivity index (χ0n) is 11.8. The van der Waals surface area contributed by atoms with E-state index in [0.717, 1.165) is 12.8 Å². The number of carbonyl (C=O) groups is 2. The predicted molar refractivity (Wildman–Crippen MR) is 84.7 cm³/mol. The summed E-state index contributed by atoms with van der Waals surface area (Å²) in [6.45, 7) is 0. The molecule has 0 bridgehead atoms. The van der Waals surface area contributed by atoms with Gasteiger partial charge in [0.15, 0.2) is 0 Å². The lowest BCUT2D eigenvalue weighted by molar-refractivity contribution is -0.111. The van der Waals surface area contributed by atoms with Gasteiger partial charge in [-0.2, -0.15) is 11.8 Å². The van der Waals surface area contributed by atoms with Crippen molar-refractivity contribution in [3.63, 3.8) is 0 Å². The molecular formula is C17H18O3S. The van der Waals surface area contributed by atoms with E-state index < -0.39 is 11.6 Å². The Morgan fingerprint density at radius 3 is 2.38 bits per heavy atom. The van der Waals surface area contributed by atoms with Gasteiger partial charge >= 0.3 is 0 Å². The molecule has 2 aliphatic carbocycles. The van der Waals surface area contributed by atoms with Crippen molar-refractivity contribution in [2.45, 2.75) is 37.4 Å². The topological polar surface area (TPSA) is 54.4 Å². The van der Waals surface area contributed by atoms with Crippen LogP contribution >= 0.6 is 11.8 Å². The zero-order valence-corrected chi connectivity index (χ0v) is 12.6. The summed E-state index contributed by atoms with van der Waals surface area (Å²) >= 11 is 1.70. The Kier molecular flexibility index (Phi) is 4.15. The maximum atomic E-state index is 12.2.